The van der Waals surface area contributed by atoms with Gasteiger partial charge in [-0.25, -0.2) is 0 Å². The maximum atomic E-state index is 12.9. The quantitative estimate of drug-likeness (QED) is 0.590. The van der Waals surface area contributed by atoms with E-state index in [1.807, 2.05) is 19.1 Å². The fraction of sp³-hybridized carbons (Fsp3) is 0.346. The zero-order valence-corrected chi connectivity index (χ0v) is 19.5. The van der Waals surface area contributed by atoms with Crippen LogP contribution in [-0.2, 0) is 15.1 Å². The van der Waals surface area contributed by atoms with Crippen molar-refractivity contribution in [3.63, 3.8) is 0 Å². The second kappa shape index (κ2) is 8.39. The number of nitrogens with one attached hydrogen (secondary N) is 1. The Labute approximate surface area is 193 Å². The molecule has 168 valence electrons. The van der Waals surface area contributed by atoms with E-state index in [9.17, 15) is 9.90 Å². The number of carbonyl (C=O) groups excluding carboxylic acids is 1. The summed E-state index contributed by atoms with van der Waals surface area (Å²) in [6, 6.07) is 10.5. The van der Waals surface area contributed by atoms with Crippen molar-refractivity contribution in [2.75, 3.05) is 12.4 Å². The number of hydrogen-bond acceptors (Lipinski definition) is 4. The van der Waals surface area contributed by atoms with E-state index in [0.717, 1.165) is 18.4 Å². The first kappa shape index (κ1) is 22.6. The van der Waals surface area contributed by atoms with Gasteiger partial charge >= 0.3 is 0 Å². The fourth-order valence-electron chi connectivity index (χ4n) is 4.43. The number of benzene rings is 2. The summed E-state index contributed by atoms with van der Waals surface area (Å²) >= 11 is 6.09. The van der Waals surface area contributed by atoms with Gasteiger partial charge in [-0.15, -0.1) is 0 Å². The predicted molar refractivity (Wildman–Crippen MR) is 127 cm³/mol. The van der Waals surface area contributed by atoms with E-state index in [1.165, 1.54) is 12.7 Å². The van der Waals surface area contributed by atoms with Crippen LogP contribution in [0.25, 0.3) is 6.08 Å². The highest BCUT2D eigenvalue weighted by Crippen LogP contribution is 2.50. The topological polar surface area (TPSA) is 67.8 Å². The number of methoxy groups -OCH3 is 1. The monoisotopic (exact) mass is 453 g/mol. The van der Waals surface area contributed by atoms with E-state index < -0.39 is 23.2 Å². The molecule has 0 unspecified atom stereocenters. The molecule has 5 nitrogen and oxygen atoms in total. The standard InChI is InChI=1S/C26H28ClNO4/c1-16(2)6-5-14-25(3)15-13-17-7-12-20-21(22(17)32-25)26(30,23(31-4)24(29)28-20)18-8-10-19(27)11-9-18/h6-13,15,23,30H,5,14H2,1-4H3,(H,28,29)/t23-,25+,26+/m1/s1. The first-order valence-corrected chi connectivity index (χ1v) is 11.1. The molecular formula is C26H28ClNO4. The van der Waals surface area contributed by atoms with Crippen molar-refractivity contribution in [1.29, 1.82) is 0 Å². The largest absolute Gasteiger partial charge is 0.482 e. The normalized spacial score (nSPS) is 25.9. The van der Waals surface area contributed by atoms with Crippen LogP contribution < -0.4 is 10.1 Å². The van der Waals surface area contributed by atoms with Crippen LogP contribution in [0, 0.1) is 0 Å². The molecule has 2 aliphatic rings. The molecule has 2 N–H and O–H groups in total. The first-order chi connectivity index (χ1) is 15.2. The van der Waals surface area contributed by atoms with Gasteiger partial charge in [0, 0.05) is 17.7 Å². The Morgan fingerprint density at radius 3 is 2.62 bits per heavy atom. The number of carbonyl (C=O) groups is 1. The highest BCUT2D eigenvalue weighted by atomic mass is 35.5. The van der Waals surface area contributed by atoms with Crippen LogP contribution in [0.15, 0.2) is 54.1 Å². The molecule has 32 heavy (non-hydrogen) atoms. The molecule has 1 amide bonds. The molecule has 0 radical (unpaired) electrons. The zero-order chi connectivity index (χ0) is 23.1. The summed E-state index contributed by atoms with van der Waals surface area (Å²) < 4.78 is 12.1. The van der Waals surface area contributed by atoms with E-state index in [1.54, 1.807) is 30.3 Å². The molecule has 2 aliphatic heterocycles. The van der Waals surface area contributed by atoms with E-state index in [0.29, 0.717) is 27.6 Å². The molecule has 3 atom stereocenters. The Kier molecular flexibility index (Phi) is 5.93. The first-order valence-electron chi connectivity index (χ1n) is 10.7. The minimum atomic E-state index is -1.76. The summed E-state index contributed by atoms with van der Waals surface area (Å²) in [6.45, 7) is 6.18. The van der Waals surface area contributed by atoms with Crippen molar-refractivity contribution in [3.05, 3.63) is 75.8 Å². The number of fused-ring (bicyclic) bond motifs is 3. The van der Waals surface area contributed by atoms with Gasteiger partial charge in [0.15, 0.2) is 11.7 Å². The molecule has 4 rings (SSSR count). The second-order valence-corrected chi connectivity index (χ2v) is 9.29. The SMILES string of the molecule is CO[C@@H]1C(=O)Nc2ccc3c(c2[C@@]1(O)c1ccc(Cl)cc1)O[C@@](C)(CCC=C(C)C)C=C3. The Balaban J connectivity index is 1.87. The van der Waals surface area contributed by atoms with Crippen molar-refractivity contribution in [1.82, 2.24) is 0 Å². The maximum absolute atomic E-state index is 12.9. The number of allylic oxidation sites excluding steroid dienone is 2. The highest BCUT2D eigenvalue weighted by molar-refractivity contribution is 6.30. The number of hydrogen-bond donors (Lipinski definition) is 2. The Morgan fingerprint density at radius 2 is 1.97 bits per heavy atom. The van der Waals surface area contributed by atoms with Crippen molar-refractivity contribution >= 4 is 29.3 Å². The molecular weight excluding hydrogens is 426 g/mol. The van der Waals surface area contributed by atoms with Crippen molar-refractivity contribution in [3.8, 4) is 5.75 Å². The Bertz CT molecular complexity index is 1100. The fourth-order valence-corrected chi connectivity index (χ4v) is 4.56. The van der Waals surface area contributed by atoms with Gasteiger partial charge in [0.25, 0.3) is 5.91 Å². The third kappa shape index (κ3) is 3.85. The summed E-state index contributed by atoms with van der Waals surface area (Å²) in [7, 11) is 1.41. The molecule has 2 aromatic carbocycles. The minimum Gasteiger partial charge on any atom is -0.482 e. The van der Waals surface area contributed by atoms with Gasteiger partial charge in [-0.2, -0.15) is 0 Å². The number of rotatable bonds is 5. The lowest BCUT2D eigenvalue weighted by molar-refractivity contribution is -0.142. The Morgan fingerprint density at radius 1 is 1.25 bits per heavy atom. The molecule has 0 bridgehead atoms. The number of amides is 1. The van der Waals surface area contributed by atoms with Crippen LogP contribution in [0.4, 0.5) is 5.69 Å². The lowest BCUT2D eigenvalue weighted by atomic mass is 9.76. The predicted octanol–water partition coefficient (Wildman–Crippen LogP) is 5.45. The van der Waals surface area contributed by atoms with E-state index >= 15 is 0 Å². The van der Waals surface area contributed by atoms with Gasteiger partial charge in [-0.3, -0.25) is 4.79 Å². The van der Waals surface area contributed by atoms with Gasteiger partial charge < -0.3 is 19.9 Å². The molecule has 2 aromatic rings. The Hall–Kier alpha value is -2.60. The van der Waals surface area contributed by atoms with Gasteiger partial charge in [0.2, 0.25) is 0 Å². The number of ether oxygens (including phenoxy) is 2. The lowest BCUT2D eigenvalue weighted by Crippen LogP contribution is -2.53. The van der Waals surface area contributed by atoms with E-state index in [-0.39, 0.29) is 0 Å². The van der Waals surface area contributed by atoms with Crippen LogP contribution in [-0.4, -0.2) is 29.8 Å². The summed E-state index contributed by atoms with van der Waals surface area (Å²) in [6.07, 6.45) is 6.74. The highest BCUT2D eigenvalue weighted by Gasteiger charge is 2.52. The van der Waals surface area contributed by atoms with Crippen molar-refractivity contribution in [2.24, 2.45) is 0 Å². The number of halogens is 1. The van der Waals surface area contributed by atoms with E-state index in [2.05, 4.69) is 31.3 Å². The van der Waals surface area contributed by atoms with Crippen molar-refractivity contribution < 1.29 is 19.4 Å². The van der Waals surface area contributed by atoms with Gasteiger partial charge in [-0.05, 0) is 69.5 Å². The van der Waals surface area contributed by atoms with Crippen LogP contribution in [0.2, 0.25) is 5.02 Å². The zero-order valence-electron chi connectivity index (χ0n) is 18.7. The average Bonchev–Trinajstić information content (AvgIpc) is 2.73. The third-order valence-corrected chi connectivity index (χ3v) is 6.36. The van der Waals surface area contributed by atoms with Crippen molar-refractivity contribution in [2.45, 2.75) is 50.9 Å². The maximum Gasteiger partial charge on any atom is 0.257 e. The molecule has 6 heteroatoms. The third-order valence-electron chi connectivity index (χ3n) is 6.11. The van der Waals surface area contributed by atoms with E-state index in [4.69, 9.17) is 21.1 Å². The summed E-state index contributed by atoms with van der Waals surface area (Å²) in [4.78, 5) is 12.9. The van der Waals surface area contributed by atoms with Crippen LogP contribution in [0.1, 0.15) is 50.3 Å². The molecule has 0 saturated carbocycles. The molecule has 0 saturated heterocycles. The summed E-state index contributed by atoms with van der Waals surface area (Å²) in [5.41, 5.74) is 1.27. The average molecular weight is 454 g/mol. The van der Waals surface area contributed by atoms with Crippen LogP contribution in [0.3, 0.4) is 0 Å². The summed E-state index contributed by atoms with van der Waals surface area (Å²) in [5.74, 6) is 0.124. The number of anilines is 1. The van der Waals surface area contributed by atoms with Gasteiger partial charge in [0.1, 0.15) is 11.4 Å². The molecule has 0 aromatic heterocycles. The van der Waals surface area contributed by atoms with Gasteiger partial charge in [-0.1, -0.05) is 41.5 Å². The smallest absolute Gasteiger partial charge is 0.257 e. The van der Waals surface area contributed by atoms with Crippen LogP contribution >= 0.6 is 11.6 Å². The second-order valence-electron chi connectivity index (χ2n) is 8.85. The molecule has 0 aliphatic carbocycles. The van der Waals surface area contributed by atoms with Crippen LogP contribution in [0.5, 0.6) is 5.75 Å². The molecule has 2 heterocycles. The summed E-state index contributed by atoms with van der Waals surface area (Å²) in [5, 5.41) is 15.6. The number of aliphatic hydroxyl groups is 1. The van der Waals surface area contributed by atoms with Gasteiger partial charge in [0.05, 0.1) is 11.3 Å². The molecule has 0 fully saturated rings. The minimum absolute atomic E-state index is 0.421. The molecule has 0 spiro atoms. The lowest BCUT2D eigenvalue weighted by Gasteiger charge is -2.43.